The minimum absolute atomic E-state index is 0.0434. The highest BCUT2D eigenvalue weighted by Gasteiger charge is 2.34. The van der Waals surface area contributed by atoms with Crippen LogP contribution >= 0.6 is 12.0 Å². The van der Waals surface area contributed by atoms with E-state index in [1.54, 1.807) is 17.0 Å². The number of carbonyl (C=O) groups excluding carboxylic acids is 2. The summed E-state index contributed by atoms with van der Waals surface area (Å²) in [6.07, 6.45) is 0.492. The molecule has 2 amide bonds. The van der Waals surface area contributed by atoms with Gasteiger partial charge in [-0.05, 0) is 42.7 Å². The molecular weight excluding hydrogens is 456 g/mol. The first-order valence-electron chi connectivity index (χ1n) is 11.3. The fourth-order valence-corrected chi connectivity index (χ4v) is 4.37. The van der Waals surface area contributed by atoms with Gasteiger partial charge in [-0.15, -0.1) is 0 Å². The fraction of sp³-hybridized carbons (Fsp3) is 0.375. The normalized spacial score (nSPS) is 16.6. The van der Waals surface area contributed by atoms with Gasteiger partial charge in [-0.1, -0.05) is 31.2 Å². The van der Waals surface area contributed by atoms with Gasteiger partial charge in [-0.25, -0.2) is 9.27 Å². The molecule has 1 saturated heterocycles. The van der Waals surface area contributed by atoms with Crippen LogP contribution in [0, 0.1) is 0 Å². The van der Waals surface area contributed by atoms with Crippen LogP contribution < -0.4 is 10.8 Å². The molecule has 4 rings (SSSR count). The average molecular weight is 485 g/mol. The minimum Gasteiger partial charge on any atom is -0.438 e. The third-order valence-electron chi connectivity index (χ3n) is 5.56. The van der Waals surface area contributed by atoms with Crippen molar-refractivity contribution in [2.45, 2.75) is 43.2 Å². The second kappa shape index (κ2) is 11.5. The maximum Gasteiger partial charge on any atom is 0.242 e. The van der Waals surface area contributed by atoms with E-state index >= 15 is 0 Å². The molecule has 1 fully saturated rings. The van der Waals surface area contributed by atoms with Crippen LogP contribution in [-0.4, -0.2) is 52.5 Å². The number of para-hydroxylation sites is 2. The van der Waals surface area contributed by atoms with E-state index < -0.39 is 12.1 Å². The summed E-state index contributed by atoms with van der Waals surface area (Å²) < 4.78 is 10.8. The highest BCUT2D eigenvalue weighted by atomic mass is 32.2. The van der Waals surface area contributed by atoms with E-state index in [-0.39, 0.29) is 30.7 Å². The van der Waals surface area contributed by atoms with E-state index in [4.69, 9.17) is 8.70 Å². The standard InChI is InChI=1S/C24H28N4O5S/c1-2-26-33-34-17-11-9-16(10-12-17)14-22(30)28-13-5-7-19(28)23(31)25-15-20(29)24-27-18-6-3-4-8-21(18)32-24/h3-4,6,8-12,19-20,26,29H,2,5,7,13-15H2,1H3,(H,25,31). The Morgan fingerprint density at radius 1 is 1.26 bits per heavy atom. The SMILES string of the molecule is CCNOSc1ccc(CC(=O)N2CCCC2C(=O)NCC(O)c2nc3ccccc3o2)cc1. The first kappa shape index (κ1) is 24.2. The van der Waals surface area contributed by atoms with Crippen molar-refractivity contribution in [1.82, 2.24) is 20.7 Å². The molecule has 3 aromatic rings. The van der Waals surface area contributed by atoms with E-state index in [2.05, 4.69) is 15.8 Å². The topological polar surface area (TPSA) is 117 Å². The molecule has 1 aliphatic heterocycles. The Labute approximate surface area is 202 Å². The molecule has 0 spiro atoms. The Balaban J connectivity index is 1.29. The number of carbonyl (C=O) groups is 2. The fourth-order valence-electron chi connectivity index (χ4n) is 3.85. The molecule has 2 atom stereocenters. The summed E-state index contributed by atoms with van der Waals surface area (Å²) in [6.45, 7) is 3.15. The molecule has 1 aromatic heterocycles. The van der Waals surface area contributed by atoms with Crippen molar-refractivity contribution in [2.75, 3.05) is 19.6 Å². The maximum absolute atomic E-state index is 12.9. The number of nitrogens with zero attached hydrogens (tertiary/aromatic N) is 2. The summed E-state index contributed by atoms with van der Waals surface area (Å²) in [6, 6.07) is 14.2. The van der Waals surface area contributed by atoms with E-state index in [1.165, 1.54) is 12.0 Å². The Bertz CT molecular complexity index is 1090. The van der Waals surface area contributed by atoms with E-state index in [9.17, 15) is 14.7 Å². The van der Waals surface area contributed by atoms with Crippen molar-refractivity contribution in [3.8, 4) is 0 Å². The van der Waals surface area contributed by atoms with Gasteiger partial charge in [0.05, 0.1) is 25.0 Å². The molecule has 0 saturated carbocycles. The number of aliphatic hydroxyl groups excluding tert-OH is 1. The maximum atomic E-state index is 12.9. The first-order valence-corrected chi connectivity index (χ1v) is 12.1. The number of aromatic nitrogens is 1. The Morgan fingerprint density at radius 3 is 2.82 bits per heavy atom. The van der Waals surface area contributed by atoms with Gasteiger partial charge in [0, 0.05) is 18.0 Å². The smallest absolute Gasteiger partial charge is 0.242 e. The van der Waals surface area contributed by atoms with Crippen molar-refractivity contribution >= 4 is 35.0 Å². The summed E-state index contributed by atoms with van der Waals surface area (Å²) >= 11 is 1.22. The third kappa shape index (κ3) is 5.95. The monoisotopic (exact) mass is 484 g/mol. The van der Waals surface area contributed by atoms with Crippen LogP contribution in [0.5, 0.6) is 0 Å². The Hall–Kier alpha value is -2.92. The van der Waals surface area contributed by atoms with Gasteiger partial charge in [-0.2, -0.15) is 5.48 Å². The molecule has 180 valence electrons. The first-order chi connectivity index (χ1) is 16.5. The number of oxazole rings is 1. The minimum atomic E-state index is -1.07. The average Bonchev–Trinajstić information content (AvgIpc) is 3.51. The van der Waals surface area contributed by atoms with Gasteiger partial charge in [0.15, 0.2) is 5.58 Å². The molecule has 2 unspecified atom stereocenters. The number of hydrogen-bond acceptors (Lipinski definition) is 8. The third-order valence-corrected chi connectivity index (χ3v) is 6.23. The van der Waals surface area contributed by atoms with Crippen molar-refractivity contribution in [1.29, 1.82) is 0 Å². The number of rotatable bonds is 10. The lowest BCUT2D eigenvalue weighted by atomic mass is 10.1. The number of amides is 2. The number of aliphatic hydroxyl groups is 1. The molecule has 2 aromatic carbocycles. The lowest BCUT2D eigenvalue weighted by Gasteiger charge is -2.24. The predicted molar refractivity (Wildman–Crippen MR) is 127 cm³/mol. The van der Waals surface area contributed by atoms with Gasteiger partial charge in [0.1, 0.15) is 17.7 Å². The molecule has 34 heavy (non-hydrogen) atoms. The predicted octanol–water partition coefficient (Wildman–Crippen LogP) is 2.76. The molecule has 0 aliphatic carbocycles. The zero-order chi connectivity index (χ0) is 23.9. The van der Waals surface area contributed by atoms with Crippen molar-refractivity contribution in [3.05, 3.63) is 60.0 Å². The summed E-state index contributed by atoms with van der Waals surface area (Å²) in [4.78, 5) is 32.5. The number of hydrogen-bond donors (Lipinski definition) is 3. The number of hydroxylamine groups is 1. The molecule has 0 bridgehead atoms. The van der Waals surface area contributed by atoms with Gasteiger partial charge >= 0.3 is 0 Å². The lowest BCUT2D eigenvalue weighted by molar-refractivity contribution is -0.138. The zero-order valence-electron chi connectivity index (χ0n) is 18.9. The van der Waals surface area contributed by atoms with Crippen molar-refractivity contribution in [2.24, 2.45) is 0 Å². The summed E-state index contributed by atoms with van der Waals surface area (Å²) in [5, 5.41) is 13.1. The number of benzene rings is 2. The van der Waals surface area contributed by atoms with E-state index in [0.29, 0.717) is 30.6 Å². The number of nitrogens with one attached hydrogen (secondary N) is 2. The molecule has 3 N–H and O–H groups in total. The van der Waals surface area contributed by atoms with Crippen LogP contribution in [0.3, 0.4) is 0 Å². The van der Waals surface area contributed by atoms with Crippen molar-refractivity contribution in [3.63, 3.8) is 0 Å². The molecule has 9 nitrogen and oxygen atoms in total. The Morgan fingerprint density at radius 2 is 2.06 bits per heavy atom. The van der Waals surface area contributed by atoms with E-state index in [1.807, 2.05) is 43.3 Å². The molecular formula is C24H28N4O5S. The van der Waals surface area contributed by atoms with Crippen LogP contribution in [0.15, 0.2) is 57.8 Å². The van der Waals surface area contributed by atoms with Gasteiger partial charge < -0.3 is 19.7 Å². The Kier molecular flexibility index (Phi) is 8.17. The molecule has 10 heteroatoms. The van der Waals surface area contributed by atoms with Crippen LogP contribution in [-0.2, 0) is 20.3 Å². The van der Waals surface area contributed by atoms with Crippen LogP contribution in [0.4, 0.5) is 0 Å². The zero-order valence-corrected chi connectivity index (χ0v) is 19.7. The van der Waals surface area contributed by atoms with E-state index in [0.717, 1.165) is 16.9 Å². The van der Waals surface area contributed by atoms with Gasteiger partial charge in [0.2, 0.25) is 17.7 Å². The quantitative estimate of drug-likeness (QED) is 0.229. The highest BCUT2D eigenvalue weighted by molar-refractivity contribution is 7.94. The van der Waals surface area contributed by atoms with Crippen LogP contribution in [0.25, 0.3) is 11.1 Å². The second-order valence-corrected chi connectivity index (χ2v) is 8.82. The van der Waals surface area contributed by atoms with Crippen LogP contribution in [0.2, 0.25) is 0 Å². The molecule has 2 heterocycles. The van der Waals surface area contributed by atoms with Crippen LogP contribution in [0.1, 0.15) is 37.3 Å². The number of likely N-dealkylation sites (tertiary alicyclic amines) is 1. The summed E-state index contributed by atoms with van der Waals surface area (Å²) in [5.41, 5.74) is 4.86. The largest absolute Gasteiger partial charge is 0.438 e. The van der Waals surface area contributed by atoms with Crippen molar-refractivity contribution < 1.29 is 23.4 Å². The number of fused-ring (bicyclic) bond motifs is 1. The molecule has 0 radical (unpaired) electrons. The van der Waals surface area contributed by atoms with Gasteiger partial charge in [-0.3, -0.25) is 9.59 Å². The second-order valence-electron chi connectivity index (χ2n) is 8.01. The highest BCUT2D eigenvalue weighted by Crippen LogP contribution is 2.22. The lowest BCUT2D eigenvalue weighted by Crippen LogP contribution is -2.47. The molecule has 1 aliphatic rings. The summed E-state index contributed by atoms with van der Waals surface area (Å²) in [5.74, 6) is -0.229. The summed E-state index contributed by atoms with van der Waals surface area (Å²) in [7, 11) is 0. The van der Waals surface area contributed by atoms with Gasteiger partial charge in [0.25, 0.3) is 0 Å².